The third-order valence-electron chi connectivity index (χ3n) is 3.74. The van der Waals surface area contributed by atoms with Crippen LogP contribution in [0.5, 0.6) is 0 Å². The van der Waals surface area contributed by atoms with E-state index in [4.69, 9.17) is 16.6 Å². The molecule has 0 bridgehead atoms. The van der Waals surface area contributed by atoms with E-state index in [0.717, 1.165) is 5.56 Å². The van der Waals surface area contributed by atoms with Gasteiger partial charge < -0.3 is 8.98 Å². The van der Waals surface area contributed by atoms with Crippen molar-refractivity contribution < 1.29 is 4.42 Å². The number of furan rings is 1. The highest BCUT2D eigenvalue weighted by Crippen LogP contribution is 2.20. The molecule has 0 aliphatic heterocycles. The summed E-state index contributed by atoms with van der Waals surface area (Å²) in [5.74, 6) is 1.16. The van der Waals surface area contributed by atoms with Crippen LogP contribution in [-0.4, -0.2) is 25.7 Å². The van der Waals surface area contributed by atoms with Gasteiger partial charge in [-0.2, -0.15) is 9.78 Å². The first-order chi connectivity index (χ1) is 11.0. The fourth-order valence-electron chi connectivity index (χ4n) is 2.81. The van der Waals surface area contributed by atoms with Crippen LogP contribution in [0.4, 0.5) is 0 Å². The van der Waals surface area contributed by atoms with Crippen LogP contribution in [0.3, 0.4) is 0 Å². The van der Waals surface area contributed by atoms with E-state index in [2.05, 4.69) is 53.6 Å². The van der Waals surface area contributed by atoms with Crippen molar-refractivity contribution in [1.82, 2.24) is 19.4 Å². The molecule has 3 aromatic heterocycles. The Hall–Kier alpha value is -2.41. The van der Waals surface area contributed by atoms with Crippen molar-refractivity contribution in [3.05, 3.63) is 46.2 Å². The molecular weight excluding hydrogens is 310 g/mol. The van der Waals surface area contributed by atoms with Gasteiger partial charge in [0, 0.05) is 23.0 Å². The first-order valence-electron chi connectivity index (χ1n) is 7.43. The normalized spacial score (nSPS) is 11.9. The zero-order valence-corrected chi connectivity index (χ0v) is 14.4. The lowest BCUT2D eigenvalue weighted by atomic mass is 10.2. The van der Waals surface area contributed by atoms with Gasteiger partial charge >= 0.3 is 0 Å². The predicted octanol–water partition coefficient (Wildman–Crippen LogP) is 4.08. The summed E-state index contributed by atoms with van der Waals surface area (Å²) in [5.41, 5.74) is 3.45. The van der Waals surface area contributed by atoms with Gasteiger partial charge in [-0.1, -0.05) is 0 Å². The van der Waals surface area contributed by atoms with E-state index >= 15 is 0 Å². The van der Waals surface area contributed by atoms with Crippen LogP contribution in [0.1, 0.15) is 36.8 Å². The van der Waals surface area contributed by atoms with E-state index in [1.165, 1.54) is 11.4 Å². The minimum atomic E-state index is 0.409. The van der Waals surface area contributed by atoms with E-state index < -0.39 is 0 Å². The molecular formula is C16H19N5OS. The minimum absolute atomic E-state index is 0.409. The fraction of sp³-hybridized carbons (Fsp3) is 0.312. The van der Waals surface area contributed by atoms with E-state index in [9.17, 15) is 0 Å². The minimum Gasteiger partial charge on any atom is -0.461 e. The molecule has 0 saturated carbocycles. The molecule has 0 aliphatic rings. The first kappa shape index (κ1) is 15.5. The van der Waals surface area contributed by atoms with Crippen LogP contribution in [0, 0.1) is 18.6 Å². The summed E-state index contributed by atoms with van der Waals surface area (Å²) in [7, 11) is 0. The Balaban J connectivity index is 2.01. The van der Waals surface area contributed by atoms with Gasteiger partial charge in [-0.05, 0) is 58.1 Å². The van der Waals surface area contributed by atoms with Crippen LogP contribution in [0.25, 0.3) is 11.6 Å². The second-order valence-electron chi connectivity index (χ2n) is 5.68. The number of aryl methyl sites for hydroxylation is 1. The summed E-state index contributed by atoms with van der Waals surface area (Å²) in [6, 6.07) is 6.15. The summed E-state index contributed by atoms with van der Waals surface area (Å²) >= 11 is 5.25. The maximum Gasteiger partial charge on any atom is 0.219 e. The lowest BCUT2D eigenvalue weighted by Crippen LogP contribution is -2.05. The number of nitrogens with zero attached hydrogens (tertiary/aromatic N) is 4. The summed E-state index contributed by atoms with van der Waals surface area (Å²) in [4.78, 5) is 0. The quantitative estimate of drug-likeness (QED) is 0.579. The van der Waals surface area contributed by atoms with Gasteiger partial charge in [0.25, 0.3) is 0 Å². The van der Waals surface area contributed by atoms with E-state index in [-0.39, 0.29) is 0 Å². The molecule has 1 N–H and O–H groups in total. The number of rotatable bonds is 4. The van der Waals surface area contributed by atoms with Crippen molar-refractivity contribution in [2.75, 3.05) is 0 Å². The van der Waals surface area contributed by atoms with Crippen LogP contribution in [-0.2, 0) is 0 Å². The Labute approximate surface area is 139 Å². The van der Waals surface area contributed by atoms with Crippen molar-refractivity contribution in [2.24, 2.45) is 5.10 Å². The molecule has 0 fully saturated rings. The Morgan fingerprint density at radius 3 is 2.78 bits per heavy atom. The largest absolute Gasteiger partial charge is 0.461 e. The van der Waals surface area contributed by atoms with Crippen LogP contribution in [0.2, 0.25) is 0 Å². The lowest BCUT2D eigenvalue weighted by molar-refractivity contribution is 0.573. The average molecular weight is 329 g/mol. The van der Waals surface area contributed by atoms with Gasteiger partial charge in [0.1, 0.15) is 0 Å². The van der Waals surface area contributed by atoms with Crippen LogP contribution in [0.15, 0.2) is 34.0 Å². The molecule has 0 radical (unpaired) electrons. The molecule has 0 unspecified atom stereocenters. The summed E-state index contributed by atoms with van der Waals surface area (Å²) < 4.78 is 9.64. The maximum atomic E-state index is 5.38. The zero-order chi connectivity index (χ0) is 16.6. The monoisotopic (exact) mass is 329 g/mol. The summed E-state index contributed by atoms with van der Waals surface area (Å²) in [6.45, 7) is 8.53. The number of H-pyrrole nitrogens is 1. The summed E-state index contributed by atoms with van der Waals surface area (Å²) in [5, 5.41) is 11.4. The molecule has 3 heterocycles. The Bertz CT molecular complexity index is 896. The number of nitrogens with one attached hydrogen (secondary N) is 1. The maximum absolute atomic E-state index is 5.38. The van der Waals surface area contributed by atoms with Crippen LogP contribution >= 0.6 is 12.2 Å². The van der Waals surface area contributed by atoms with Gasteiger partial charge in [-0.25, -0.2) is 5.10 Å². The lowest BCUT2D eigenvalue weighted by Gasteiger charge is -2.13. The molecule has 0 atom stereocenters. The van der Waals surface area contributed by atoms with Crippen molar-refractivity contribution in [3.8, 4) is 11.6 Å². The van der Waals surface area contributed by atoms with Crippen molar-refractivity contribution in [3.63, 3.8) is 0 Å². The highest BCUT2D eigenvalue weighted by atomic mass is 32.1. The van der Waals surface area contributed by atoms with Crippen molar-refractivity contribution in [2.45, 2.75) is 33.7 Å². The molecule has 0 aliphatic carbocycles. The van der Waals surface area contributed by atoms with Crippen molar-refractivity contribution >= 4 is 18.4 Å². The third kappa shape index (κ3) is 2.79. The molecule has 0 spiro atoms. The number of aromatic nitrogens is 4. The van der Waals surface area contributed by atoms with E-state index in [1.54, 1.807) is 23.2 Å². The highest BCUT2D eigenvalue weighted by molar-refractivity contribution is 7.71. The van der Waals surface area contributed by atoms with Crippen LogP contribution < -0.4 is 0 Å². The van der Waals surface area contributed by atoms with Gasteiger partial charge in [0.2, 0.25) is 10.6 Å². The summed E-state index contributed by atoms with van der Waals surface area (Å²) in [6.07, 6.45) is 3.40. The predicted molar refractivity (Wildman–Crippen MR) is 92.4 cm³/mol. The molecule has 7 heteroatoms. The molecule has 0 saturated heterocycles. The average Bonchev–Trinajstić information content (AvgIpc) is 3.17. The number of aromatic amines is 1. The van der Waals surface area contributed by atoms with Gasteiger partial charge in [-0.3, -0.25) is 0 Å². The first-order valence-corrected chi connectivity index (χ1v) is 7.84. The second kappa shape index (κ2) is 6.00. The second-order valence-corrected chi connectivity index (χ2v) is 6.06. The Morgan fingerprint density at radius 2 is 2.17 bits per heavy atom. The SMILES string of the molecule is Cc1cc(/C=N\n2c(-c3ccco3)n[nH]c2=S)c(C)n1C(C)C. The van der Waals surface area contributed by atoms with E-state index in [0.29, 0.717) is 22.4 Å². The molecule has 3 aromatic rings. The Morgan fingerprint density at radius 1 is 1.39 bits per heavy atom. The Kier molecular flexibility index (Phi) is 4.04. The zero-order valence-electron chi connectivity index (χ0n) is 13.6. The smallest absolute Gasteiger partial charge is 0.219 e. The number of hydrogen-bond donors (Lipinski definition) is 1. The highest BCUT2D eigenvalue weighted by Gasteiger charge is 2.12. The van der Waals surface area contributed by atoms with Gasteiger partial charge in [0.15, 0.2) is 5.76 Å². The van der Waals surface area contributed by atoms with Crippen molar-refractivity contribution in [1.29, 1.82) is 0 Å². The van der Waals surface area contributed by atoms with Gasteiger partial charge in [-0.15, -0.1) is 5.10 Å². The fourth-order valence-corrected chi connectivity index (χ4v) is 2.99. The standard InChI is InChI=1S/C16H19N5OS/c1-10(2)20-11(3)8-13(12(20)4)9-17-21-15(18-19-16(21)23)14-6-5-7-22-14/h5-10H,1-4H3,(H,19,23)/b17-9-. The molecule has 6 nitrogen and oxygen atoms in total. The molecule has 0 aromatic carbocycles. The molecule has 120 valence electrons. The van der Waals surface area contributed by atoms with E-state index in [1.807, 2.05) is 6.07 Å². The molecule has 0 amide bonds. The van der Waals surface area contributed by atoms with Gasteiger partial charge in [0.05, 0.1) is 12.5 Å². The third-order valence-corrected chi connectivity index (χ3v) is 4.01. The molecule has 23 heavy (non-hydrogen) atoms. The molecule has 3 rings (SSSR count). The topological polar surface area (TPSA) is 64.0 Å². The number of hydrogen-bond acceptors (Lipinski definition) is 4.